The summed E-state index contributed by atoms with van der Waals surface area (Å²) in [4.78, 5) is 17.0. The van der Waals surface area contributed by atoms with E-state index in [1.54, 1.807) is 18.3 Å². The standard InChI is InChI=1S/C19H21N3O3/c1-4-24-14-9-10-17(25-5-2)15(11-14)21-19(23)16-12-22-13(3)7-6-8-18(22)20-16/h6-12H,4-5H2,1-3H3,(H,21,23). The molecule has 1 aromatic carbocycles. The van der Waals surface area contributed by atoms with Crippen LogP contribution in [0.2, 0.25) is 0 Å². The molecule has 0 aliphatic carbocycles. The lowest BCUT2D eigenvalue weighted by Gasteiger charge is -2.13. The number of amides is 1. The maximum absolute atomic E-state index is 12.6. The minimum Gasteiger partial charge on any atom is -0.494 e. The number of rotatable bonds is 6. The molecule has 0 saturated carbocycles. The Morgan fingerprint density at radius 1 is 1.16 bits per heavy atom. The number of aryl methyl sites for hydroxylation is 1. The third kappa shape index (κ3) is 3.57. The third-order valence-corrected chi connectivity index (χ3v) is 3.74. The topological polar surface area (TPSA) is 64.9 Å². The fraction of sp³-hybridized carbons (Fsp3) is 0.263. The molecule has 3 aromatic rings. The van der Waals surface area contributed by atoms with Gasteiger partial charge in [0, 0.05) is 18.0 Å². The second-order valence-electron chi connectivity index (χ2n) is 5.50. The molecular weight excluding hydrogens is 318 g/mol. The van der Waals surface area contributed by atoms with Crippen molar-refractivity contribution >= 4 is 17.2 Å². The first-order valence-corrected chi connectivity index (χ1v) is 8.28. The van der Waals surface area contributed by atoms with Crippen molar-refractivity contribution in [3.63, 3.8) is 0 Å². The van der Waals surface area contributed by atoms with Crippen molar-refractivity contribution in [2.45, 2.75) is 20.8 Å². The van der Waals surface area contributed by atoms with Gasteiger partial charge in [0.15, 0.2) is 0 Å². The van der Waals surface area contributed by atoms with Crippen LogP contribution in [0.15, 0.2) is 42.6 Å². The highest BCUT2D eigenvalue weighted by Gasteiger charge is 2.15. The number of ether oxygens (including phenoxy) is 2. The Morgan fingerprint density at radius 2 is 1.96 bits per heavy atom. The van der Waals surface area contributed by atoms with E-state index in [9.17, 15) is 4.79 Å². The van der Waals surface area contributed by atoms with Crippen molar-refractivity contribution in [3.05, 3.63) is 54.0 Å². The van der Waals surface area contributed by atoms with Gasteiger partial charge >= 0.3 is 0 Å². The number of hydrogen-bond acceptors (Lipinski definition) is 4. The van der Waals surface area contributed by atoms with Crippen molar-refractivity contribution < 1.29 is 14.3 Å². The van der Waals surface area contributed by atoms with E-state index in [0.717, 1.165) is 11.3 Å². The Balaban J connectivity index is 1.90. The van der Waals surface area contributed by atoms with Gasteiger partial charge in [0.2, 0.25) is 0 Å². The molecule has 1 N–H and O–H groups in total. The van der Waals surface area contributed by atoms with Gasteiger partial charge in [-0.1, -0.05) is 6.07 Å². The predicted molar refractivity (Wildman–Crippen MR) is 96.7 cm³/mol. The SMILES string of the molecule is CCOc1ccc(OCC)c(NC(=O)c2cn3c(C)cccc3n2)c1. The summed E-state index contributed by atoms with van der Waals surface area (Å²) in [5.74, 6) is 0.976. The Morgan fingerprint density at radius 3 is 2.68 bits per heavy atom. The molecule has 0 aliphatic heterocycles. The molecule has 0 aliphatic rings. The number of pyridine rings is 1. The Hall–Kier alpha value is -3.02. The highest BCUT2D eigenvalue weighted by molar-refractivity contribution is 6.04. The first kappa shape index (κ1) is 16.8. The number of imidazole rings is 1. The Labute approximate surface area is 146 Å². The van der Waals surface area contributed by atoms with Crippen LogP contribution in [0.1, 0.15) is 30.0 Å². The summed E-state index contributed by atoms with van der Waals surface area (Å²) in [5.41, 5.74) is 2.65. The van der Waals surface area contributed by atoms with E-state index in [1.807, 2.05) is 49.4 Å². The van der Waals surface area contributed by atoms with Crippen molar-refractivity contribution in [2.24, 2.45) is 0 Å². The predicted octanol–water partition coefficient (Wildman–Crippen LogP) is 3.69. The molecule has 1 amide bonds. The van der Waals surface area contributed by atoms with Crippen LogP contribution in [0.3, 0.4) is 0 Å². The lowest BCUT2D eigenvalue weighted by molar-refractivity contribution is 0.102. The molecule has 0 saturated heterocycles. The van der Waals surface area contributed by atoms with Gasteiger partial charge in [0.1, 0.15) is 22.8 Å². The van der Waals surface area contributed by atoms with Gasteiger partial charge in [0.25, 0.3) is 5.91 Å². The summed E-state index contributed by atoms with van der Waals surface area (Å²) in [5, 5.41) is 2.87. The van der Waals surface area contributed by atoms with Crippen molar-refractivity contribution in [1.29, 1.82) is 0 Å². The van der Waals surface area contributed by atoms with Crippen LogP contribution >= 0.6 is 0 Å². The summed E-state index contributed by atoms with van der Waals surface area (Å²) in [7, 11) is 0. The zero-order valence-corrected chi connectivity index (χ0v) is 14.6. The first-order valence-electron chi connectivity index (χ1n) is 8.28. The maximum atomic E-state index is 12.6. The van der Waals surface area contributed by atoms with E-state index < -0.39 is 0 Å². The maximum Gasteiger partial charge on any atom is 0.275 e. The Kier molecular flexibility index (Phi) is 4.88. The van der Waals surface area contributed by atoms with E-state index in [4.69, 9.17) is 9.47 Å². The largest absolute Gasteiger partial charge is 0.494 e. The van der Waals surface area contributed by atoms with Gasteiger partial charge < -0.3 is 19.2 Å². The lowest BCUT2D eigenvalue weighted by Crippen LogP contribution is -2.13. The smallest absolute Gasteiger partial charge is 0.275 e. The van der Waals surface area contributed by atoms with Gasteiger partial charge in [-0.2, -0.15) is 0 Å². The summed E-state index contributed by atoms with van der Waals surface area (Å²) in [6.45, 7) is 6.83. The molecular formula is C19H21N3O3. The summed E-state index contributed by atoms with van der Waals surface area (Å²) in [6.07, 6.45) is 1.73. The van der Waals surface area contributed by atoms with Gasteiger partial charge in [-0.05, 0) is 45.0 Å². The highest BCUT2D eigenvalue weighted by atomic mass is 16.5. The highest BCUT2D eigenvalue weighted by Crippen LogP contribution is 2.30. The molecule has 0 fully saturated rings. The van der Waals surface area contributed by atoms with E-state index in [2.05, 4.69) is 10.3 Å². The number of benzene rings is 1. The third-order valence-electron chi connectivity index (χ3n) is 3.74. The minimum absolute atomic E-state index is 0.294. The second kappa shape index (κ2) is 7.25. The van der Waals surface area contributed by atoms with Crippen molar-refractivity contribution in [1.82, 2.24) is 9.38 Å². The Bertz CT molecular complexity index is 902. The number of hydrogen-bond donors (Lipinski definition) is 1. The van der Waals surface area contributed by atoms with Gasteiger partial charge in [0.05, 0.1) is 18.9 Å². The molecule has 6 heteroatoms. The average molecular weight is 339 g/mol. The first-order chi connectivity index (χ1) is 12.1. The van der Waals surface area contributed by atoms with E-state index in [-0.39, 0.29) is 5.91 Å². The quantitative estimate of drug-likeness (QED) is 0.744. The summed E-state index contributed by atoms with van der Waals surface area (Å²) in [6, 6.07) is 11.1. The normalized spacial score (nSPS) is 10.7. The monoisotopic (exact) mass is 339 g/mol. The van der Waals surface area contributed by atoms with Crippen molar-refractivity contribution in [3.8, 4) is 11.5 Å². The lowest BCUT2D eigenvalue weighted by atomic mass is 10.2. The zero-order chi connectivity index (χ0) is 17.8. The molecule has 0 spiro atoms. The number of anilines is 1. The van der Waals surface area contributed by atoms with E-state index in [1.165, 1.54) is 0 Å². The number of nitrogens with one attached hydrogen (secondary N) is 1. The second-order valence-corrected chi connectivity index (χ2v) is 5.50. The van der Waals surface area contributed by atoms with Crippen LogP contribution in [0.4, 0.5) is 5.69 Å². The van der Waals surface area contributed by atoms with Crippen LogP contribution < -0.4 is 14.8 Å². The molecule has 0 atom stereocenters. The fourth-order valence-corrected chi connectivity index (χ4v) is 2.59. The van der Waals surface area contributed by atoms with Crippen LogP contribution in [-0.4, -0.2) is 28.5 Å². The number of carbonyl (C=O) groups is 1. The van der Waals surface area contributed by atoms with Crippen LogP contribution in [0.25, 0.3) is 5.65 Å². The van der Waals surface area contributed by atoms with Gasteiger partial charge in [-0.3, -0.25) is 4.79 Å². The average Bonchev–Trinajstić information content (AvgIpc) is 3.03. The van der Waals surface area contributed by atoms with Crippen molar-refractivity contribution in [2.75, 3.05) is 18.5 Å². The number of aromatic nitrogens is 2. The van der Waals surface area contributed by atoms with Crippen LogP contribution in [-0.2, 0) is 0 Å². The summed E-state index contributed by atoms with van der Waals surface area (Å²) >= 11 is 0. The van der Waals surface area contributed by atoms with E-state index in [0.29, 0.717) is 36.1 Å². The van der Waals surface area contributed by atoms with Gasteiger partial charge in [-0.25, -0.2) is 4.98 Å². The van der Waals surface area contributed by atoms with Gasteiger partial charge in [-0.15, -0.1) is 0 Å². The molecule has 6 nitrogen and oxygen atoms in total. The molecule has 3 rings (SSSR count). The fourth-order valence-electron chi connectivity index (χ4n) is 2.59. The zero-order valence-electron chi connectivity index (χ0n) is 14.6. The molecule has 0 radical (unpaired) electrons. The van der Waals surface area contributed by atoms with E-state index >= 15 is 0 Å². The minimum atomic E-state index is -0.294. The molecule has 130 valence electrons. The summed E-state index contributed by atoms with van der Waals surface area (Å²) < 4.78 is 13.0. The molecule has 2 aromatic heterocycles. The van der Waals surface area contributed by atoms with Crippen LogP contribution in [0, 0.1) is 6.92 Å². The molecule has 0 unspecified atom stereocenters. The molecule has 0 bridgehead atoms. The molecule has 2 heterocycles. The number of nitrogens with zero attached hydrogens (tertiary/aromatic N) is 2. The van der Waals surface area contributed by atoms with Crippen LogP contribution in [0.5, 0.6) is 11.5 Å². The number of carbonyl (C=O) groups excluding carboxylic acids is 1. The molecule has 25 heavy (non-hydrogen) atoms. The number of fused-ring (bicyclic) bond motifs is 1.